The van der Waals surface area contributed by atoms with Crippen LogP contribution in [0.4, 0.5) is 11.4 Å². The van der Waals surface area contributed by atoms with E-state index in [0.717, 1.165) is 31.0 Å². The van der Waals surface area contributed by atoms with Crippen LogP contribution in [0.15, 0.2) is 23.3 Å². The fourth-order valence-electron chi connectivity index (χ4n) is 2.72. The zero-order chi connectivity index (χ0) is 20.8. The molecule has 154 valence electrons. The van der Waals surface area contributed by atoms with Gasteiger partial charge < -0.3 is 0 Å². The SMILES string of the molecule is CCCCCCCCCCC/C=N/NC(=O)c1cc([N+](=O)[O-])cc([N+](=O)[O-])c1. The van der Waals surface area contributed by atoms with Gasteiger partial charge >= 0.3 is 0 Å². The molecule has 1 amide bonds. The van der Waals surface area contributed by atoms with Crippen molar-refractivity contribution in [2.24, 2.45) is 5.10 Å². The van der Waals surface area contributed by atoms with Gasteiger partial charge in [-0.05, 0) is 12.8 Å². The number of non-ortho nitro benzene ring substituents is 2. The van der Waals surface area contributed by atoms with Crippen LogP contribution in [0, 0.1) is 20.2 Å². The number of carbonyl (C=O) groups excluding carboxylic acids is 1. The van der Waals surface area contributed by atoms with Crippen LogP contribution in [0.2, 0.25) is 0 Å². The molecule has 0 atom stereocenters. The van der Waals surface area contributed by atoms with Gasteiger partial charge in [0.05, 0.1) is 21.5 Å². The van der Waals surface area contributed by atoms with Crippen LogP contribution in [-0.4, -0.2) is 22.0 Å². The highest BCUT2D eigenvalue weighted by atomic mass is 16.6. The first-order chi connectivity index (χ1) is 13.5. The number of hydrogen-bond acceptors (Lipinski definition) is 6. The van der Waals surface area contributed by atoms with E-state index in [1.165, 1.54) is 44.9 Å². The second-order valence-corrected chi connectivity index (χ2v) is 6.62. The second kappa shape index (κ2) is 13.3. The number of carbonyl (C=O) groups is 1. The lowest BCUT2D eigenvalue weighted by molar-refractivity contribution is -0.394. The average molecular weight is 392 g/mol. The predicted octanol–water partition coefficient (Wildman–Crippen LogP) is 5.14. The lowest BCUT2D eigenvalue weighted by Crippen LogP contribution is -2.17. The third-order valence-corrected chi connectivity index (χ3v) is 4.28. The van der Waals surface area contributed by atoms with E-state index in [9.17, 15) is 25.0 Å². The average Bonchev–Trinajstić information content (AvgIpc) is 2.68. The first-order valence-electron chi connectivity index (χ1n) is 9.71. The van der Waals surface area contributed by atoms with E-state index in [0.29, 0.717) is 6.42 Å². The normalized spacial score (nSPS) is 10.9. The van der Waals surface area contributed by atoms with Crippen LogP contribution in [0.25, 0.3) is 0 Å². The van der Waals surface area contributed by atoms with Gasteiger partial charge in [0.25, 0.3) is 17.3 Å². The van der Waals surface area contributed by atoms with Gasteiger partial charge in [0, 0.05) is 18.3 Å². The smallest absolute Gasteiger partial charge is 0.267 e. The minimum absolute atomic E-state index is 0.180. The Morgan fingerprint density at radius 1 is 0.929 bits per heavy atom. The van der Waals surface area contributed by atoms with Gasteiger partial charge in [-0.25, -0.2) is 5.43 Å². The van der Waals surface area contributed by atoms with Gasteiger partial charge in [-0.1, -0.05) is 58.3 Å². The van der Waals surface area contributed by atoms with Crippen LogP contribution in [0.5, 0.6) is 0 Å². The lowest BCUT2D eigenvalue weighted by atomic mass is 10.1. The topological polar surface area (TPSA) is 128 Å². The quantitative estimate of drug-likeness (QED) is 0.203. The molecule has 28 heavy (non-hydrogen) atoms. The van der Waals surface area contributed by atoms with E-state index in [1.54, 1.807) is 6.21 Å². The minimum atomic E-state index is -0.781. The maximum Gasteiger partial charge on any atom is 0.277 e. The summed E-state index contributed by atoms with van der Waals surface area (Å²) in [6.07, 6.45) is 13.2. The van der Waals surface area contributed by atoms with Crippen LogP contribution >= 0.6 is 0 Å². The van der Waals surface area contributed by atoms with Gasteiger partial charge in [0.2, 0.25) is 0 Å². The Morgan fingerprint density at radius 3 is 1.93 bits per heavy atom. The summed E-state index contributed by atoms with van der Waals surface area (Å²) in [5, 5.41) is 25.5. The molecule has 0 aromatic heterocycles. The molecule has 9 heteroatoms. The summed E-state index contributed by atoms with van der Waals surface area (Å²) in [6.45, 7) is 2.21. The molecular weight excluding hydrogens is 364 g/mol. The highest BCUT2D eigenvalue weighted by Crippen LogP contribution is 2.22. The zero-order valence-electron chi connectivity index (χ0n) is 16.3. The van der Waals surface area contributed by atoms with E-state index < -0.39 is 27.1 Å². The number of hydrazone groups is 1. The fourth-order valence-corrected chi connectivity index (χ4v) is 2.72. The Labute approximate surface area is 164 Å². The molecule has 0 radical (unpaired) electrons. The number of amides is 1. The van der Waals surface area contributed by atoms with Crippen molar-refractivity contribution >= 4 is 23.5 Å². The van der Waals surface area contributed by atoms with E-state index in [-0.39, 0.29) is 5.56 Å². The zero-order valence-corrected chi connectivity index (χ0v) is 16.3. The molecule has 0 unspecified atom stereocenters. The van der Waals surface area contributed by atoms with Crippen molar-refractivity contribution in [1.29, 1.82) is 0 Å². The summed E-state index contributed by atoms with van der Waals surface area (Å²) >= 11 is 0. The Balaban J connectivity index is 2.32. The van der Waals surface area contributed by atoms with Crippen molar-refractivity contribution in [1.82, 2.24) is 5.43 Å². The Kier molecular flexibility index (Phi) is 11.1. The van der Waals surface area contributed by atoms with E-state index in [4.69, 9.17) is 0 Å². The van der Waals surface area contributed by atoms with E-state index >= 15 is 0 Å². The second-order valence-electron chi connectivity index (χ2n) is 6.62. The maximum absolute atomic E-state index is 12.0. The number of nitro groups is 2. The van der Waals surface area contributed by atoms with Crippen LogP contribution < -0.4 is 5.43 Å². The molecule has 0 spiro atoms. The molecule has 1 aromatic carbocycles. The van der Waals surface area contributed by atoms with Crippen molar-refractivity contribution in [3.8, 4) is 0 Å². The van der Waals surface area contributed by atoms with Crippen molar-refractivity contribution in [2.75, 3.05) is 0 Å². The number of unbranched alkanes of at least 4 members (excludes halogenated alkanes) is 9. The number of benzene rings is 1. The lowest BCUT2D eigenvalue weighted by Gasteiger charge is -2.01. The molecular formula is C19H28N4O5. The summed E-state index contributed by atoms with van der Waals surface area (Å²) in [7, 11) is 0. The van der Waals surface area contributed by atoms with Crippen molar-refractivity contribution in [3.63, 3.8) is 0 Å². The molecule has 9 nitrogen and oxygen atoms in total. The highest BCUT2D eigenvalue weighted by Gasteiger charge is 2.19. The molecule has 0 aliphatic carbocycles. The Morgan fingerprint density at radius 2 is 1.43 bits per heavy atom. The van der Waals surface area contributed by atoms with Gasteiger partial charge in [-0.15, -0.1) is 0 Å². The molecule has 0 bridgehead atoms. The standard InChI is InChI=1S/C19H28N4O5/c1-2-3-4-5-6-7-8-9-10-11-12-20-21-19(24)16-13-17(22(25)26)15-18(14-16)23(27)28/h12-15H,2-11H2,1H3,(H,21,24)/b20-12+. The van der Waals surface area contributed by atoms with Crippen LogP contribution in [0.3, 0.4) is 0 Å². The summed E-state index contributed by atoms with van der Waals surface area (Å²) < 4.78 is 0. The number of hydrogen-bond donors (Lipinski definition) is 1. The number of nitro benzene ring substituents is 2. The predicted molar refractivity (Wildman–Crippen MR) is 108 cm³/mol. The van der Waals surface area contributed by atoms with E-state index in [2.05, 4.69) is 17.5 Å². The number of nitrogens with zero attached hydrogens (tertiary/aromatic N) is 3. The fraction of sp³-hybridized carbons (Fsp3) is 0.579. The molecule has 0 saturated heterocycles. The number of nitrogens with one attached hydrogen (secondary N) is 1. The largest absolute Gasteiger partial charge is 0.277 e. The third kappa shape index (κ3) is 9.20. The summed E-state index contributed by atoms with van der Waals surface area (Å²) in [4.78, 5) is 32.1. The van der Waals surface area contributed by atoms with Gasteiger partial charge in [-0.2, -0.15) is 5.10 Å². The van der Waals surface area contributed by atoms with E-state index in [1.807, 2.05) is 0 Å². The maximum atomic E-state index is 12.0. The molecule has 1 N–H and O–H groups in total. The van der Waals surface area contributed by atoms with Crippen molar-refractivity contribution in [3.05, 3.63) is 44.0 Å². The Bertz CT molecular complexity index is 659. The molecule has 0 saturated carbocycles. The monoisotopic (exact) mass is 392 g/mol. The molecule has 0 heterocycles. The molecule has 0 aliphatic rings. The number of rotatable bonds is 14. The molecule has 0 fully saturated rings. The van der Waals surface area contributed by atoms with Crippen LogP contribution in [-0.2, 0) is 0 Å². The van der Waals surface area contributed by atoms with Gasteiger partial charge in [0.1, 0.15) is 0 Å². The third-order valence-electron chi connectivity index (χ3n) is 4.28. The minimum Gasteiger partial charge on any atom is -0.267 e. The Hall–Kier alpha value is -2.84. The summed E-state index contributed by atoms with van der Waals surface area (Å²) in [5.74, 6) is -0.727. The summed E-state index contributed by atoms with van der Waals surface area (Å²) in [6, 6.07) is 2.78. The van der Waals surface area contributed by atoms with Crippen molar-refractivity contribution < 1.29 is 14.6 Å². The molecule has 0 aliphatic heterocycles. The van der Waals surface area contributed by atoms with Gasteiger partial charge in [0.15, 0.2) is 0 Å². The van der Waals surface area contributed by atoms with Gasteiger partial charge in [-0.3, -0.25) is 25.0 Å². The molecule has 1 rings (SSSR count). The summed E-state index contributed by atoms with van der Waals surface area (Å²) in [5.41, 5.74) is 1.04. The highest BCUT2D eigenvalue weighted by molar-refractivity contribution is 5.95. The van der Waals surface area contributed by atoms with Crippen molar-refractivity contribution in [2.45, 2.75) is 71.1 Å². The molecule has 1 aromatic rings. The first kappa shape index (κ1) is 23.2. The van der Waals surface area contributed by atoms with Crippen LogP contribution in [0.1, 0.15) is 81.5 Å². The first-order valence-corrected chi connectivity index (χ1v) is 9.71.